The second kappa shape index (κ2) is 9.71. The van der Waals surface area contributed by atoms with Crippen molar-refractivity contribution in [1.82, 2.24) is 9.88 Å². The van der Waals surface area contributed by atoms with Crippen LogP contribution < -0.4 is 10.9 Å². The molecule has 0 aliphatic carbocycles. The molecule has 1 amide bonds. The van der Waals surface area contributed by atoms with Crippen LogP contribution in [0.3, 0.4) is 0 Å². The third kappa shape index (κ3) is 4.91. The molecule has 1 heterocycles. The normalized spacial score (nSPS) is 11.7. The first-order valence-corrected chi connectivity index (χ1v) is 10.2. The van der Waals surface area contributed by atoms with Crippen molar-refractivity contribution in [3.8, 4) is 0 Å². The van der Waals surface area contributed by atoms with Gasteiger partial charge in [-0.15, -0.1) is 0 Å². The van der Waals surface area contributed by atoms with Gasteiger partial charge in [0.25, 0.3) is 5.91 Å². The molecular formula is C24H22ClFN2O3. The molecule has 5 nitrogen and oxygen atoms in total. The van der Waals surface area contributed by atoms with Gasteiger partial charge in [0.2, 0.25) is 5.56 Å². The Morgan fingerprint density at radius 1 is 1.06 bits per heavy atom. The highest BCUT2D eigenvalue weighted by atomic mass is 35.5. The number of ketones is 1. The fourth-order valence-corrected chi connectivity index (χ4v) is 3.72. The van der Waals surface area contributed by atoms with Gasteiger partial charge >= 0.3 is 0 Å². The molecule has 7 heteroatoms. The summed E-state index contributed by atoms with van der Waals surface area (Å²) in [6.45, 7) is 2.11. The number of nitrogens with one attached hydrogen (secondary N) is 1. The average Bonchev–Trinajstić information content (AvgIpc) is 2.75. The molecule has 31 heavy (non-hydrogen) atoms. The standard InChI is InChI=1S/C24H22ClFN2O3/c1-3-27-24(31)18-9-6-8-17(23(18)26)19(16-7-4-5-10-20(16)25)13-21(29)15-11-12-22(30)28(2)14-15/h4-12,14,19H,3,13H2,1-2H3,(H,27,31). The lowest BCUT2D eigenvalue weighted by atomic mass is 9.84. The minimum absolute atomic E-state index is 0.0856. The highest BCUT2D eigenvalue weighted by Gasteiger charge is 2.26. The zero-order valence-corrected chi connectivity index (χ0v) is 17.9. The zero-order chi connectivity index (χ0) is 22.5. The number of rotatable bonds is 7. The number of amides is 1. The van der Waals surface area contributed by atoms with Crippen molar-refractivity contribution in [2.45, 2.75) is 19.3 Å². The van der Waals surface area contributed by atoms with Crippen molar-refractivity contribution in [3.05, 3.63) is 104 Å². The first kappa shape index (κ1) is 22.4. The van der Waals surface area contributed by atoms with Crippen molar-refractivity contribution in [3.63, 3.8) is 0 Å². The van der Waals surface area contributed by atoms with E-state index in [1.54, 1.807) is 50.4 Å². The summed E-state index contributed by atoms with van der Waals surface area (Å²) in [5.41, 5.74) is 0.787. The highest BCUT2D eigenvalue weighted by Crippen LogP contribution is 2.36. The maximum Gasteiger partial charge on any atom is 0.254 e. The Kier molecular flexibility index (Phi) is 7.02. The molecule has 2 aromatic carbocycles. The molecule has 1 aromatic heterocycles. The van der Waals surface area contributed by atoms with Gasteiger partial charge in [0.15, 0.2) is 5.78 Å². The van der Waals surface area contributed by atoms with Crippen LogP contribution in [0, 0.1) is 5.82 Å². The molecule has 160 valence electrons. The molecule has 3 rings (SSSR count). The van der Waals surface area contributed by atoms with Crippen LogP contribution in [0.25, 0.3) is 0 Å². The van der Waals surface area contributed by atoms with Crippen molar-refractivity contribution >= 4 is 23.3 Å². The van der Waals surface area contributed by atoms with Crippen LogP contribution in [0.4, 0.5) is 4.39 Å². The second-order valence-corrected chi connectivity index (χ2v) is 7.54. The van der Waals surface area contributed by atoms with Gasteiger partial charge in [-0.1, -0.05) is 41.9 Å². The van der Waals surface area contributed by atoms with Crippen LogP contribution in [0.2, 0.25) is 5.02 Å². The number of benzene rings is 2. The molecule has 0 aliphatic rings. The smallest absolute Gasteiger partial charge is 0.254 e. The minimum atomic E-state index is -0.715. The Morgan fingerprint density at radius 3 is 2.45 bits per heavy atom. The lowest BCUT2D eigenvalue weighted by Crippen LogP contribution is -2.24. The van der Waals surface area contributed by atoms with Gasteiger partial charge in [0, 0.05) is 48.8 Å². The predicted octanol–water partition coefficient (Wildman–Crippen LogP) is 4.33. The van der Waals surface area contributed by atoms with E-state index in [0.29, 0.717) is 22.7 Å². The lowest BCUT2D eigenvalue weighted by Gasteiger charge is -2.20. The largest absolute Gasteiger partial charge is 0.352 e. The predicted molar refractivity (Wildman–Crippen MR) is 118 cm³/mol. The number of carbonyl (C=O) groups excluding carboxylic acids is 2. The molecule has 1 N–H and O–H groups in total. The number of aromatic nitrogens is 1. The lowest BCUT2D eigenvalue weighted by molar-refractivity contribution is 0.0950. The first-order chi connectivity index (χ1) is 14.8. The van der Waals surface area contributed by atoms with E-state index < -0.39 is 17.6 Å². The molecule has 0 aliphatic heterocycles. The number of pyridine rings is 1. The summed E-state index contributed by atoms with van der Waals surface area (Å²) < 4.78 is 16.7. The van der Waals surface area contributed by atoms with Crippen LogP contribution in [0.1, 0.15) is 51.1 Å². The van der Waals surface area contributed by atoms with E-state index in [0.717, 1.165) is 0 Å². The summed E-state index contributed by atoms with van der Waals surface area (Å²) in [4.78, 5) is 37.0. The maximum absolute atomic E-state index is 15.4. The number of hydrogen-bond acceptors (Lipinski definition) is 3. The molecule has 0 fully saturated rings. The fourth-order valence-electron chi connectivity index (χ4n) is 3.46. The number of hydrogen-bond donors (Lipinski definition) is 1. The SMILES string of the molecule is CCNC(=O)c1cccc(C(CC(=O)c2ccc(=O)n(C)c2)c2ccccc2Cl)c1F. The Morgan fingerprint density at radius 2 is 1.77 bits per heavy atom. The molecule has 0 saturated carbocycles. The topological polar surface area (TPSA) is 68.2 Å². The number of nitrogens with zero attached hydrogens (tertiary/aromatic N) is 1. The Hall–Kier alpha value is -3.25. The average molecular weight is 441 g/mol. The fraction of sp³-hybridized carbons (Fsp3) is 0.208. The van der Waals surface area contributed by atoms with Gasteiger partial charge in [0.05, 0.1) is 5.56 Å². The quantitative estimate of drug-likeness (QED) is 0.556. The van der Waals surface area contributed by atoms with E-state index in [4.69, 9.17) is 11.6 Å². The Labute approximate surface area is 184 Å². The number of Topliss-reactive ketones (excluding diaryl/α,β-unsaturated/α-hetero) is 1. The van der Waals surface area contributed by atoms with E-state index in [1.165, 1.54) is 29.0 Å². The molecule has 3 aromatic rings. The first-order valence-electron chi connectivity index (χ1n) is 9.84. The monoisotopic (exact) mass is 440 g/mol. The summed E-state index contributed by atoms with van der Waals surface area (Å²) in [6.07, 6.45) is 1.37. The molecule has 1 atom stereocenters. The summed E-state index contributed by atoms with van der Waals surface area (Å²) in [5, 5.41) is 2.99. The highest BCUT2D eigenvalue weighted by molar-refractivity contribution is 6.31. The molecule has 1 unspecified atom stereocenters. The third-order valence-corrected chi connectivity index (χ3v) is 5.41. The third-order valence-electron chi connectivity index (χ3n) is 5.06. The van der Waals surface area contributed by atoms with Gasteiger partial charge in [-0.05, 0) is 36.2 Å². The van der Waals surface area contributed by atoms with E-state index in [1.807, 2.05) is 0 Å². The van der Waals surface area contributed by atoms with E-state index in [2.05, 4.69) is 5.32 Å². The van der Waals surface area contributed by atoms with E-state index in [-0.39, 0.29) is 28.9 Å². The van der Waals surface area contributed by atoms with Gasteiger partial charge in [-0.2, -0.15) is 0 Å². The summed E-state index contributed by atoms with van der Waals surface area (Å²) in [6, 6.07) is 14.2. The second-order valence-electron chi connectivity index (χ2n) is 7.14. The van der Waals surface area contributed by atoms with Gasteiger partial charge in [0.1, 0.15) is 5.82 Å². The zero-order valence-electron chi connectivity index (χ0n) is 17.2. The number of halogens is 2. The van der Waals surface area contributed by atoms with Crippen LogP contribution in [-0.4, -0.2) is 22.8 Å². The van der Waals surface area contributed by atoms with Gasteiger partial charge < -0.3 is 9.88 Å². The van der Waals surface area contributed by atoms with Crippen LogP contribution in [-0.2, 0) is 7.05 Å². The van der Waals surface area contributed by atoms with Crippen molar-refractivity contribution in [1.29, 1.82) is 0 Å². The number of carbonyl (C=O) groups is 2. The van der Waals surface area contributed by atoms with Gasteiger partial charge in [-0.25, -0.2) is 4.39 Å². The number of aryl methyl sites for hydroxylation is 1. The molecular weight excluding hydrogens is 419 g/mol. The van der Waals surface area contributed by atoms with E-state index in [9.17, 15) is 14.4 Å². The maximum atomic E-state index is 15.4. The molecule has 0 spiro atoms. The van der Waals surface area contributed by atoms with Crippen LogP contribution >= 0.6 is 11.6 Å². The molecule has 0 saturated heterocycles. The van der Waals surface area contributed by atoms with E-state index >= 15 is 4.39 Å². The Bertz CT molecular complexity index is 1190. The van der Waals surface area contributed by atoms with Crippen molar-refractivity contribution < 1.29 is 14.0 Å². The Balaban J connectivity index is 2.08. The van der Waals surface area contributed by atoms with Crippen LogP contribution in [0.5, 0.6) is 0 Å². The summed E-state index contributed by atoms with van der Waals surface area (Å²) in [7, 11) is 1.56. The summed E-state index contributed by atoms with van der Waals surface area (Å²) >= 11 is 6.39. The van der Waals surface area contributed by atoms with Crippen molar-refractivity contribution in [2.24, 2.45) is 7.05 Å². The van der Waals surface area contributed by atoms with Crippen LogP contribution in [0.15, 0.2) is 65.6 Å². The molecule has 0 bridgehead atoms. The van der Waals surface area contributed by atoms with Crippen molar-refractivity contribution in [2.75, 3.05) is 6.54 Å². The van der Waals surface area contributed by atoms with Gasteiger partial charge in [-0.3, -0.25) is 14.4 Å². The minimum Gasteiger partial charge on any atom is -0.352 e. The molecule has 0 radical (unpaired) electrons. The summed E-state index contributed by atoms with van der Waals surface area (Å²) in [5.74, 6) is -2.20.